The van der Waals surface area contributed by atoms with Crippen LogP contribution in [0.5, 0.6) is 11.5 Å². The smallest absolute Gasteiger partial charge is 0.269 e. The van der Waals surface area contributed by atoms with Crippen molar-refractivity contribution in [1.82, 2.24) is 0 Å². The van der Waals surface area contributed by atoms with Gasteiger partial charge in [-0.05, 0) is 63.0 Å². The molecule has 0 aliphatic heterocycles. The molecule has 0 aliphatic carbocycles. The Morgan fingerprint density at radius 1 is 1.17 bits per heavy atom. The predicted octanol–water partition coefficient (Wildman–Crippen LogP) is 6.01. The summed E-state index contributed by atoms with van der Waals surface area (Å²) < 4.78 is 12.1. The SMILES string of the molecule is COc1cc(/C=C(\C#N)c2ccc([N+](=O)[O-])cc2)cc(Br)c1OCc1ccccc1. The highest BCUT2D eigenvalue weighted by atomic mass is 79.9. The average Bonchev–Trinajstić information content (AvgIpc) is 2.77. The Labute approximate surface area is 182 Å². The molecule has 3 aromatic rings. The van der Waals surface area contributed by atoms with E-state index in [-0.39, 0.29) is 5.69 Å². The number of nitro benzene ring substituents is 1. The minimum Gasteiger partial charge on any atom is -0.493 e. The molecule has 30 heavy (non-hydrogen) atoms. The number of allylic oxidation sites excluding steroid dienone is 1. The molecule has 0 bridgehead atoms. The Bertz CT molecular complexity index is 1120. The van der Waals surface area contributed by atoms with Gasteiger partial charge in [0.25, 0.3) is 5.69 Å². The Hall–Kier alpha value is -3.63. The largest absolute Gasteiger partial charge is 0.493 e. The van der Waals surface area contributed by atoms with Crippen molar-refractivity contribution in [3.8, 4) is 17.6 Å². The lowest BCUT2D eigenvalue weighted by molar-refractivity contribution is -0.384. The average molecular weight is 465 g/mol. The van der Waals surface area contributed by atoms with E-state index < -0.39 is 4.92 Å². The molecule has 0 aliphatic rings. The summed E-state index contributed by atoms with van der Waals surface area (Å²) in [7, 11) is 1.55. The Morgan fingerprint density at radius 3 is 2.47 bits per heavy atom. The van der Waals surface area contributed by atoms with Crippen molar-refractivity contribution in [2.45, 2.75) is 6.61 Å². The molecule has 0 aromatic heterocycles. The van der Waals surface area contributed by atoms with E-state index in [4.69, 9.17) is 9.47 Å². The minimum absolute atomic E-state index is 0.0274. The first-order chi connectivity index (χ1) is 14.5. The van der Waals surface area contributed by atoms with Gasteiger partial charge in [0.15, 0.2) is 11.5 Å². The molecule has 0 spiro atoms. The number of nitriles is 1. The van der Waals surface area contributed by atoms with Gasteiger partial charge in [0.2, 0.25) is 0 Å². The van der Waals surface area contributed by atoms with Crippen molar-refractivity contribution >= 4 is 33.3 Å². The number of non-ortho nitro benzene ring substituents is 1. The van der Waals surface area contributed by atoms with Gasteiger partial charge >= 0.3 is 0 Å². The third-order valence-electron chi connectivity index (χ3n) is 4.30. The molecule has 3 aromatic carbocycles. The number of nitro groups is 1. The number of hydrogen-bond donors (Lipinski definition) is 0. The van der Waals surface area contributed by atoms with Crippen LogP contribution in [0.1, 0.15) is 16.7 Å². The maximum Gasteiger partial charge on any atom is 0.269 e. The zero-order valence-electron chi connectivity index (χ0n) is 16.0. The highest BCUT2D eigenvalue weighted by molar-refractivity contribution is 9.10. The normalized spacial score (nSPS) is 10.9. The van der Waals surface area contributed by atoms with Gasteiger partial charge in [-0.3, -0.25) is 10.1 Å². The standard InChI is InChI=1S/C23H17BrN2O4/c1-29-22-13-17(11-19(14-25)18-7-9-20(10-8-18)26(27)28)12-21(24)23(22)30-15-16-5-3-2-4-6-16/h2-13H,15H2,1H3/b19-11+. The van der Waals surface area contributed by atoms with Gasteiger partial charge in [-0.15, -0.1) is 0 Å². The van der Waals surface area contributed by atoms with Crippen LogP contribution in [0.2, 0.25) is 0 Å². The van der Waals surface area contributed by atoms with E-state index in [1.807, 2.05) is 36.4 Å². The van der Waals surface area contributed by atoms with Gasteiger partial charge in [0.05, 0.1) is 28.1 Å². The number of rotatable bonds is 7. The molecule has 0 atom stereocenters. The number of benzene rings is 3. The summed E-state index contributed by atoms with van der Waals surface area (Å²) in [5, 5.41) is 20.4. The topological polar surface area (TPSA) is 85.4 Å². The number of ether oxygens (including phenoxy) is 2. The quantitative estimate of drug-likeness (QED) is 0.185. The fourth-order valence-electron chi connectivity index (χ4n) is 2.80. The first-order valence-electron chi connectivity index (χ1n) is 8.92. The fraction of sp³-hybridized carbons (Fsp3) is 0.0870. The lowest BCUT2D eigenvalue weighted by atomic mass is 10.0. The van der Waals surface area contributed by atoms with Crippen molar-refractivity contribution in [3.05, 3.63) is 98.0 Å². The molecule has 3 rings (SSSR count). The summed E-state index contributed by atoms with van der Waals surface area (Å²) in [6.07, 6.45) is 1.69. The highest BCUT2D eigenvalue weighted by Crippen LogP contribution is 2.38. The van der Waals surface area contributed by atoms with E-state index >= 15 is 0 Å². The molecule has 0 saturated heterocycles. The summed E-state index contributed by atoms with van der Waals surface area (Å²) in [4.78, 5) is 10.3. The van der Waals surface area contributed by atoms with Crippen LogP contribution < -0.4 is 9.47 Å². The van der Waals surface area contributed by atoms with E-state index in [0.29, 0.717) is 33.7 Å². The second-order valence-corrected chi connectivity index (χ2v) is 7.14. The van der Waals surface area contributed by atoms with Gasteiger partial charge in [-0.1, -0.05) is 30.3 Å². The van der Waals surface area contributed by atoms with Crippen LogP contribution in [0.25, 0.3) is 11.6 Å². The van der Waals surface area contributed by atoms with E-state index in [0.717, 1.165) is 11.1 Å². The van der Waals surface area contributed by atoms with Gasteiger partial charge in [0.1, 0.15) is 6.61 Å². The van der Waals surface area contributed by atoms with Crippen molar-refractivity contribution in [2.24, 2.45) is 0 Å². The maximum absolute atomic E-state index is 10.8. The molecule has 0 radical (unpaired) electrons. The Kier molecular flexibility index (Phi) is 6.83. The molecule has 150 valence electrons. The zero-order chi connectivity index (χ0) is 21.5. The van der Waals surface area contributed by atoms with E-state index in [2.05, 4.69) is 22.0 Å². The third kappa shape index (κ3) is 5.04. The van der Waals surface area contributed by atoms with Crippen LogP contribution in [0.3, 0.4) is 0 Å². The van der Waals surface area contributed by atoms with Crippen LogP contribution >= 0.6 is 15.9 Å². The molecule has 7 heteroatoms. The lowest BCUT2D eigenvalue weighted by Gasteiger charge is -2.14. The monoisotopic (exact) mass is 464 g/mol. The summed E-state index contributed by atoms with van der Waals surface area (Å²) in [6, 6.07) is 21.4. The van der Waals surface area contributed by atoms with Gasteiger partial charge in [0, 0.05) is 12.1 Å². The van der Waals surface area contributed by atoms with Gasteiger partial charge in [-0.2, -0.15) is 5.26 Å². The third-order valence-corrected chi connectivity index (χ3v) is 4.89. The second kappa shape index (κ2) is 9.72. The second-order valence-electron chi connectivity index (χ2n) is 6.28. The number of nitrogens with zero attached hydrogens (tertiary/aromatic N) is 2. The van der Waals surface area contributed by atoms with E-state index in [1.165, 1.54) is 12.1 Å². The van der Waals surface area contributed by atoms with Crippen molar-refractivity contribution in [1.29, 1.82) is 5.26 Å². The lowest BCUT2D eigenvalue weighted by Crippen LogP contribution is -1.99. The van der Waals surface area contributed by atoms with Crippen LogP contribution in [-0.2, 0) is 6.61 Å². The number of hydrogen-bond acceptors (Lipinski definition) is 5. The van der Waals surface area contributed by atoms with Crippen LogP contribution in [0, 0.1) is 21.4 Å². The Morgan fingerprint density at radius 2 is 1.87 bits per heavy atom. The van der Waals surface area contributed by atoms with Gasteiger partial charge in [-0.25, -0.2) is 0 Å². The van der Waals surface area contributed by atoms with Crippen LogP contribution in [0.4, 0.5) is 5.69 Å². The number of methoxy groups -OCH3 is 1. The summed E-state index contributed by atoms with van der Waals surface area (Å²) in [5.41, 5.74) is 2.68. The molecule has 0 N–H and O–H groups in total. The Balaban J connectivity index is 1.89. The molecule has 6 nitrogen and oxygen atoms in total. The molecule has 0 fully saturated rings. The molecule has 0 unspecified atom stereocenters. The van der Waals surface area contributed by atoms with Gasteiger partial charge < -0.3 is 9.47 Å². The molecular formula is C23H17BrN2O4. The summed E-state index contributed by atoms with van der Waals surface area (Å²) in [5.74, 6) is 1.08. The maximum atomic E-state index is 10.8. The predicted molar refractivity (Wildman–Crippen MR) is 118 cm³/mol. The van der Waals surface area contributed by atoms with Crippen LogP contribution in [-0.4, -0.2) is 12.0 Å². The summed E-state index contributed by atoms with van der Waals surface area (Å²) in [6.45, 7) is 0.386. The molecular weight excluding hydrogens is 448 g/mol. The van der Waals surface area contributed by atoms with Crippen LogP contribution in [0.15, 0.2) is 71.2 Å². The molecule has 0 saturated carbocycles. The van der Waals surface area contributed by atoms with E-state index in [1.54, 1.807) is 31.4 Å². The number of halogens is 1. The zero-order valence-corrected chi connectivity index (χ0v) is 17.6. The first-order valence-corrected chi connectivity index (χ1v) is 9.72. The van der Waals surface area contributed by atoms with Crippen molar-refractivity contribution in [2.75, 3.05) is 7.11 Å². The fourth-order valence-corrected chi connectivity index (χ4v) is 3.38. The first kappa shape index (κ1) is 21.1. The summed E-state index contributed by atoms with van der Waals surface area (Å²) >= 11 is 3.51. The van der Waals surface area contributed by atoms with Crippen molar-refractivity contribution < 1.29 is 14.4 Å². The molecule has 0 heterocycles. The molecule has 0 amide bonds. The van der Waals surface area contributed by atoms with Crippen molar-refractivity contribution in [3.63, 3.8) is 0 Å². The minimum atomic E-state index is -0.477. The van der Waals surface area contributed by atoms with E-state index in [9.17, 15) is 15.4 Å². The highest BCUT2D eigenvalue weighted by Gasteiger charge is 2.13.